The molecule has 4 unspecified atom stereocenters. The predicted octanol–water partition coefficient (Wildman–Crippen LogP) is 5.09. The Labute approximate surface area is 147 Å². The highest BCUT2D eigenvalue weighted by molar-refractivity contribution is 5.58. The molecule has 1 saturated heterocycles. The van der Waals surface area contributed by atoms with Crippen LogP contribution < -0.4 is 5.32 Å². The average molecular weight is 326 g/mol. The lowest BCUT2D eigenvalue weighted by Gasteiger charge is -2.25. The van der Waals surface area contributed by atoms with Gasteiger partial charge in [0.2, 0.25) is 0 Å². The van der Waals surface area contributed by atoms with Gasteiger partial charge in [0, 0.05) is 24.1 Å². The van der Waals surface area contributed by atoms with E-state index in [0.717, 1.165) is 0 Å². The van der Waals surface area contributed by atoms with Gasteiger partial charge in [0.1, 0.15) is 0 Å². The van der Waals surface area contributed by atoms with Crippen LogP contribution in [-0.2, 0) is 0 Å². The summed E-state index contributed by atoms with van der Waals surface area (Å²) in [6.45, 7) is 10.3. The van der Waals surface area contributed by atoms with E-state index in [9.17, 15) is 0 Å². The SMILES string of the molecule is CC.CC.CC1C(c2ccccc2)C2c3ncccc3NC2N1C. The van der Waals surface area contributed by atoms with Crippen LogP contribution in [0.2, 0.25) is 0 Å². The summed E-state index contributed by atoms with van der Waals surface area (Å²) in [6, 6.07) is 15.5. The summed E-state index contributed by atoms with van der Waals surface area (Å²) in [6.07, 6.45) is 2.27. The fourth-order valence-electron chi connectivity index (χ4n) is 3.89. The molecule has 4 rings (SSSR count). The number of hydrogen-bond donors (Lipinski definition) is 1. The normalized spacial score (nSPS) is 26.9. The van der Waals surface area contributed by atoms with E-state index in [1.807, 2.05) is 40.0 Å². The molecule has 2 aromatic rings. The molecule has 0 saturated carbocycles. The summed E-state index contributed by atoms with van der Waals surface area (Å²) in [5, 5.41) is 3.64. The van der Waals surface area contributed by atoms with E-state index in [2.05, 4.69) is 65.6 Å². The van der Waals surface area contributed by atoms with E-state index in [1.54, 1.807) is 0 Å². The fourth-order valence-corrected chi connectivity index (χ4v) is 3.89. The molecule has 3 nitrogen and oxygen atoms in total. The van der Waals surface area contributed by atoms with Gasteiger partial charge in [0.15, 0.2) is 0 Å². The van der Waals surface area contributed by atoms with Gasteiger partial charge in [0.05, 0.1) is 17.5 Å². The number of nitrogens with zero attached hydrogens (tertiary/aromatic N) is 2. The Kier molecular flexibility index (Phi) is 6.38. The number of pyridine rings is 1. The number of likely N-dealkylation sites (N-methyl/N-ethyl adjacent to an activating group) is 1. The summed E-state index contributed by atoms with van der Waals surface area (Å²) >= 11 is 0. The number of benzene rings is 1. The van der Waals surface area contributed by atoms with E-state index >= 15 is 0 Å². The van der Waals surface area contributed by atoms with E-state index in [4.69, 9.17) is 0 Å². The van der Waals surface area contributed by atoms with Crippen LogP contribution in [-0.4, -0.2) is 29.1 Å². The zero-order valence-corrected chi connectivity index (χ0v) is 15.8. The molecule has 3 heterocycles. The Morgan fingerprint density at radius 3 is 2.25 bits per heavy atom. The second-order valence-corrected chi connectivity index (χ2v) is 5.89. The van der Waals surface area contributed by atoms with Crippen molar-refractivity contribution in [3.05, 3.63) is 59.9 Å². The Bertz CT molecular complexity index is 626. The monoisotopic (exact) mass is 325 g/mol. The summed E-state index contributed by atoms with van der Waals surface area (Å²) in [4.78, 5) is 7.11. The maximum Gasteiger partial charge on any atom is 0.0886 e. The number of hydrogen-bond acceptors (Lipinski definition) is 3. The van der Waals surface area contributed by atoms with Crippen molar-refractivity contribution in [3.63, 3.8) is 0 Å². The quantitative estimate of drug-likeness (QED) is 0.792. The van der Waals surface area contributed by atoms with Gasteiger partial charge in [-0.15, -0.1) is 0 Å². The largest absolute Gasteiger partial charge is 0.367 e. The van der Waals surface area contributed by atoms with Gasteiger partial charge < -0.3 is 5.32 Å². The molecule has 1 aromatic carbocycles. The summed E-state index contributed by atoms with van der Waals surface area (Å²) in [7, 11) is 2.21. The number of likely N-dealkylation sites (tertiary alicyclic amines) is 1. The van der Waals surface area contributed by atoms with E-state index < -0.39 is 0 Å². The lowest BCUT2D eigenvalue weighted by Crippen LogP contribution is -2.35. The van der Waals surface area contributed by atoms with E-state index in [1.165, 1.54) is 16.9 Å². The summed E-state index contributed by atoms with van der Waals surface area (Å²) < 4.78 is 0. The van der Waals surface area contributed by atoms with Crippen LogP contribution in [0, 0.1) is 0 Å². The standard InChI is InChI=1S/C17H19N3.2C2H6/c1-11-14(12-7-4-3-5-8-12)15-16-13(9-6-10-18-16)19-17(15)20(11)2;2*1-2/h3-11,14-15,17,19H,1-2H3;2*1-2H3. The molecule has 130 valence electrons. The van der Waals surface area contributed by atoms with Crippen LogP contribution >= 0.6 is 0 Å². The molecule has 0 amide bonds. The molecule has 0 aliphatic carbocycles. The molecular formula is C21H31N3. The van der Waals surface area contributed by atoms with Gasteiger partial charge in [-0.05, 0) is 31.7 Å². The van der Waals surface area contributed by atoms with Crippen LogP contribution in [0.5, 0.6) is 0 Å². The highest BCUT2D eigenvalue weighted by Crippen LogP contribution is 2.51. The topological polar surface area (TPSA) is 28.2 Å². The molecule has 0 bridgehead atoms. The van der Waals surface area contributed by atoms with E-state index in [-0.39, 0.29) is 0 Å². The molecule has 1 N–H and O–H groups in total. The molecule has 2 aliphatic rings. The second-order valence-electron chi connectivity index (χ2n) is 5.89. The van der Waals surface area contributed by atoms with Gasteiger partial charge in [-0.3, -0.25) is 9.88 Å². The number of fused-ring (bicyclic) bond motifs is 3. The molecule has 4 atom stereocenters. The Morgan fingerprint density at radius 1 is 0.917 bits per heavy atom. The van der Waals surface area contributed by atoms with Crippen molar-refractivity contribution in [1.29, 1.82) is 0 Å². The highest BCUT2D eigenvalue weighted by atomic mass is 15.3. The van der Waals surface area contributed by atoms with Crippen molar-refractivity contribution in [3.8, 4) is 0 Å². The van der Waals surface area contributed by atoms with E-state index in [0.29, 0.717) is 24.0 Å². The Morgan fingerprint density at radius 2 is 1.58 bits per heavy atom. The minimum absolute atomic E-state index is 0.361. The number of nitrogens with one attached hydrogen (secondary N) is 1. The van der Waals surface area contributed by atoms with Crippen molar-refractivity contribution in [2.24, 2.45) is 0 Å². The first-order valence-corrected chi connectivity index (χ1v) is 9.25. The van der Waals surface area contributed by atoms with Crippen molar-refractivity contribution in [2.45, 2.75) is 58.7 Å². The van der Waals surface area contributed by atoms with Crippen LogP contribution in [0.1, 0.15) is 57.7 Å². The molecule has 1 fully saturated rings. The second kappa shape index (κ2) is 8.29. The number of aromatic nitrogens is 1. The van der Waals surface area contributed by atoms with Crippen LogP contribution in [0.4, 0.5) is 5.69 Å². The molecule has 3 heteroatoms. The summed E-state index contributed by atoms with van der Waals surface area (Å²) in [5.74, 6) is 0.934. The van der Waals surface area contributed by atoms with Crippen molar-refractivity contribution in [1.82, 2.24) is 9.88 Å². The molecule has 0 spiro atoms. The van der Waals surface area contributed by atoms with Crippen LogP contribution in [0.3, 0.4) is 0 Å². The molecule has 0 radical (unpaired) electrons. The molecule has 24 heavy (non-hydrogen) atoms. The molecule has 1 aromatic heterocycles. The Hall–Kier alpha value is -1.87. The lowest BCUT2D eigenvalue weighted by molar-refractivity contribution is 0.267. The van der Waals surface area contributed by atoms with Gasteiger partial charge in [-0.1, -0.05) is 58.0 Å². The third-order valence-corrected chi connectivity index (χ3v) is 4.97. The zero-order valence-electron chi connectivity index (χ0n) is 15.8. The number of anilines is 1. The predicted molar refractivity (Wildman–Crippen MR) is 103 cm³/mol. The van der Waals surface area contributed by atoms with Crippen molar-refractivity contribution < 1.29 is 0 Å². The smallest absolute Gasteiger partial charge is 0.0886 e. The first-order chi connectivity index (χ1) is 11.8. The lowest BCUT2D eigenvalue weighted by atomic mass is 9.83. The van der Waals surface area contributed by atoms with Gasteiger partial charge in [0.25, 0.3) is 0 Å². The first kappa shape index (κ1) is 18.5. The first-order valence-electron chi connectivity index (χ1n) is 9.25. The maximum atomic E-state index is 4.66. The van der Waals surface area contributed by atoms with Gasteiger partial charge in [-0.2, -0.15) is 0 Å². The average Bonchev–Trinajstić information content (AvgIpc) is 3.15. The van der Waals surface area contributed by atoms with Crippen LogP contribution in [0.15, 0.2) is 48.7 Å². The van der Waals surface area contributed by atoms with Gasteiger partial charge in [-0.25, -0.2) is 0 Å². The molecular weight excluding hydrogens is 294 g/mol. The van der Waals surface area contributed by atoms with Crippen molar-refractivity contribution in [2.75, 3.05) is 12.4 Å². The Balaban J connectivity index is 0.000000487. The summed E-state index contributed by atoms with van der Waals surface area (Å²) in [5.41, 5.74) is 3.84. The third kappa shape index (κ3) is 3.05. The van der Waals surface area contributed by atoms with Crippen molar-refractivity contribution >= 4 is 5.69 Å². The zero-order chi connectivity index (χ0) is 17.7. The maximum absolute atomic E-state index is 4.66. The van der Waals surface area contributed by atoms with Crippen LogP contribution in [0.25, 0.3) is 0 Å². The van der Waals surface area contributed by atoms with Gasteiger partial charge >= 0.3 is 0 Å². The minimum Gasteiger partial charge on any atom is -0.367 e. The third-order valence-electron chi connectivity index (χ3n) is 4.97. The minimum atomic E-state index is 0.361. The fraction of sp³-hybridized carbons (Fsp3) is 0.476. The molecule has 2 aliphatic heterocycles. The highest BCUT2D eigenvalue weighted by Gasteiger charge is 2.51. The number of rotatable bonds is 1.